The molecule has 0 spiro atoms. The standard InChI is InChI=1S/C17H16FN3/c1-10-4-6-14(18)12(8-10)17-20-15-7-5-11(2)9-13(15)16(19-3)21-17/h4-9H,1-3H3,(H,19,20,21). The lowest BCUT2D eigenvalue weighted by atomic mass is 10.1. The van der Waals surface area contributed by atoms with E-state index >= 15 is 0 Å². The molecule has 1 aromatic heterocycles. The summed E-state index contributed by atoms with van der Waals surface area (Å²) in [5.41, 5.74) is 3.34. The molecule has 0 aliphatic heterocycles. The Hall–Kier alpha value is -2.49. The van der Waals surface area contributed by atoms with Crippen LogP contribution in [0.5, 0.6) is 0 Å². The number of benzene rings is 2. The van der Waals surface area contributed by atoms with Crippen LogP contribution < -0.4 is 5.32 Å². The van der Waals surface area contributed by atoms with E-state index in [-0.39, 0.29) is 5.82 Å². The van der Waals surface area contributed by atoms with E-state index in [2.05, 4.69) is 15.3 Å². The molecular weight excluding hydrogens is 265 g/mol. The van der Waals surface area contributed by atoms with Crippen molar-refractivity contribution in [3.05, 3.63) is 53.3 Å². The average Bonchev–Trinajstić information content (AvgIpc) is 2.48. The summed E-state index contributed by atoms with van der Waals surface area (Å²) in [5, 5.41) is 4.01. The van der Waals surface area contributed by atoms with Crippen molar-refractivity contribution in [3.63, 3.8) is 0 Å². The van der Waals surface area contributed by atoms with Crippen molar-refractivity contribution in [2.45, 2.75) is 13.8 Å². The van der Waals surface area contributed by atoms with Gasteiger partial charge in [0.05, 0.1) is 11.1 Å². The maximum atomic E-state index is 14.1. The molecule has 0 aliphatic rings. The van der Waals surface area contributed by atoms with Gasteiger partial charge in [0.1, 0.15) is 11.6 Å². The zero-order valence-corrected chi connectivity index (χ0v) is 12.2. The van der Waals surface area contributed by atoms with Gasteiger partial charge in [-0.15, -0.1) is 0 Å². The van der Waals surface area contributed by atoms with Crippen LogP contribution >= 0.6 is 0 Å². The number of nitrogens with zero attached hydrogens (tertiary/aromatic N) is 2. The smallest absolute Gasteiger partial charge is 0.165 e. The van der Waals surface area contributed by atoms with Crippen LogP contribution in [-0.2, 0) is 0 Å². The highest BCUT2D eigenvalue weighted by Gasteiger charge is 2.12. The number of aromatic nitrogens is 2. The minimum atomic E-state index is -0.311. The first-order valence-electron chi connectivity index (χ1n) is 6.81. The number of anilines is 1. The predicted molar refractivity (Wildman–Crippen MR) is 84.0 cm³/mol. The van der Waals surface area contributed by atoms with Gasteiger partial charge in [0.2, 0.25) is 0 Å². The SMILES string of the molecule is CNc1nc(-c2cc(C)ccc2F)nc2ccc(C)cc12. The number of fused-ring (bicyclic) bond motifs is 1. The molecule has 3 nitrogen and oxygen atoms in total. The highest BCUT2D eigenvalue weighted by molar-refractivity contribution is 5.91. The fourth-order valence-electron chi connectivity index (χ4n) is 2.36. The van der Waals surface area contributed by atoms with Crippen molar-refractivity contribution in [1.29, 1.82) is 0 Å². The molecule has 4 heteroatoms. The third-order valence-corrected chi connectivity index (χ3v) is 3.45. The van der Waals surface area contributed by atoms with Crippen LogP contribution in [-0.4, -0.2) is 17.0 Å². The zero-order chi connectivity index (χ0) is 15.0. The Labute approximate surface area is 122 Å². The normalized spacial score (nSPS) is 10.9. The second-order valence-corrected chi connectivity index (χ2v) is 5.15. The summed E-state index contributed by atoms with van der Waals surface area (Å²) in [4.78, 5) is 8.98. The fourth-order valence-corrected chi connectivity index (χ4v) is 2.36. The molecule has 1 N–H and O–H groups in total. The van der Waals surface area contributed by atoms with Crippen LogP contribution in [0, 0.1) is 19.7 Å². The Bertz CT molecular complexity index is 828. The van der Waals surface area contributed by atoms with Crippen LogP contribution in [0.3, 0.4) is 0 Å². The van der Waals surface area contributed by atoms with Crippen LogP contribution in [0.25, 0.3) is 22.3 Å². The first-order valence-corrected chi connectivity index (χ1v) is 6.81. The van der Waals surface area contributed by atoms with Gasteiger partial charge < -0.3 is 5.32 Å². The third kappa shape index (κ3) is 2.44. The monoisotopic (exact) mass is 281 g/mol. The van der Waals surface area contributed by atoms with Gasteiger partial charge in [-0.2, -0.15) is 0 Å². The maximum absolute atomic E-state index is 14.1. The summed E-state index contributed by atoms with van der Waals surface area (Å²) >= 11 is 0. The minimum Gasteiger partial charge on any atom is -0.373 e. The number of aryl methyl sites for hydroxylation is 2. The van der Waals surface area contributed by atoms with E-state index in [1.807, 2.05) is 32.0 Å². The van der Waals surface area contributed by atoms with E-state index in [0.29, 0.717) is 17.2 Å². The van der Waals surface area contributed by atoms with Crippen LogP contribution in [0.1, 0.15) is 11.1 Å². The van der Waals surface area contributed by atoms with Gasteiger partial charge in [-0.3, -0.25) is 0 Å². The molecule has 0 amide bonds. The first kappa shape index (κ1) is 13.5. The van der Waals surface area contributed by atoms with Gasteiger partial charge in [-0.25, -0.2) is 14.4 Å². The average molecular weight is 281 g/mol. The molecule has 0 bridgehead atoms. The van der Waals surface area contributed by atoms with E-state index in [4.69, 9.17) is 0 Å². The molecule has 0 saturated carbocycles. The Kier molecular flexibility index (Phi) is 3.29. The summed E-state index contributed by atoms with van der Waals surface area (Å²) < 4.78 is 14.1. The Morgan fingerprint density at radius 1 is 0.952 bits per heavy atom. The quantitative estimate of drug-likeness (QED) is 0.768. The number of halogens is 1. The molecule has 0 atom stereocenters. The molecule has 0 aliphatic carbocycles. The van der Waals surface area contributed by atoms with Crippen molar-refractivity contribution in [2.24, 2.45) is 0 Å². The van der Waals surface area contributed by atoms with E-state index < -0.39 is 0 Å². The summed E-state index contributed by atoms with van der Waals surface area (Å²) in [5.74, 6) is 0.797. The third-order valence-electron chi connectivity index (χ3n) is 3.45. The van der Waals surface area contributed by atoms with Gasteiger partial charge in [0.15, 0.2) is 5.82 Å². The Morgan fingerprint density at radius 3 is 2.43 bits per heavy atom. The molecule has 1 heterocycles. The van der Waals surface area contributed by atoms with Crippen molar-refractivity contribution < 1.29 is 4.39 Å². The Morgan fingerprint density at radius 2 is 1.67 bits per heavy atom. The highest BCUT2D eigenvalue weighted by Crippen LogP contribution is 2.27. The van der Waals surface area contributed by atoms with E-state index in [0.717, 1.165) is 22.0 Å². The van der Waals surface area contributed by atoms with Crippen molar-refractivity contribution in [2.75, 3.05) is 12.4 Å². The van der Waals surface area contributed by atoms with Gasteiger partial charge in [-0.05, 0) is 38.1 Å². The fraction of sp³-hybridized carbons (Fsp3) is 0.176. The molecule has 2 aromatic carbocycles. The number of rotatable bonds is 2. The van der Waals surface area contributed by atoms with Gasteiger partial charge in [0.25, 0.3) is 0 Å². The maximum Gasteiger partial charge on any atom is 0.165 e. The highest BCUT2D eigenvalue weighted by atomic mass is 19.1. The first-order chi connectivity index (χ1) is 10.1. The number of hydrogen-bond donors (Lipinski definition) is 1. The minimum absolute atomic E-state index is 0.311. The van der Waals surface area contributed by atoms with Crippen molar-refractivity contribution in [1.82, 2.24) is 9.97 Å². The van der Waals surface area contributed by atoms with Crippen LogP contribution in [0.2, 0.25) is 0 Å². The van der Waals surface area contributed by atoms with E-state index in [1.165, 1.54) is 6.07 Å². The molecular formula is C17H16FN3. The summed E-state index contributed by atoms with van der Waals surface area (Å²) in [6, 6.07) is 10.9. The lowest BCUT2D eigenvalue weighted by Gasteiger charge is -2.10. The zero-order valence-electron chi connectivity index (χ0n) is 12.2. The van der Waals surface area contributed by atoms with E-state index in [9.17, 15) is 4.39 Å². The van der Waals surface area contributed by atoms with Gasteiger partial charge in [-0.1, -0.05) is 23.3 Å². The molecule has 106 valence electrons. The molecule has 0 saturated heterocycles. The van der Waals surface area contributed by atoms with Crippen LogP contribution in [0.4, 0.5) is 10.2 Å². The van der Waals surface area contributed by atoms with Gasteiger partial charge in [0, 0.05) is 12.4 Å². The number of hydrogen-bond acceptors (Lipinski definition) is 3. The molecule has 21 heavy (non-hydrogen) atoms. The predicted octanol–water partition coefficient (Wildman–Crippen LogP) is 4.09. The molecule has 0 fully saturated rings. The summed E-state index contributed by atoms with van der Waals surface area (Å²) in [6.45, 7) is 3.94. The lowest BCUT2D eigenvalue weighted by Crippen LogP contribution is -2.00. The number of nitrogens with one attached hydrogen (secondary N) is 1. The topological polar surface area (TPSA) is 37.8 Å². The van der Waals surface area contributed by atoms with Crippen LogP contribution in [0.15, 0.2) is 36.4 Å². The van der Waals surface area contributed by atoms with Crippen molar-refractivity contribution >= 4 is 16.7 Å². The lowest BCUT2D eigenvalue weighted by molar-refractivity contribution is 0.629. The van der Waals surface area contributed by atoms with E-state index in [1.54, 1.807) is 19.2 Å². The molecule has 3 rings (SSSR count). The Balaban J connectivity index is 2.29. The molecule has 0 radical (unpaired) electrons. The second kappa shape index (κ2) is 5.13. The summed E-state index contributed by atoms with van der Waals surface area (Å²) in [7, 11) is 1.81. The molecule has 3 aromatic rings. The second-order valence-electron chi connectivity index (χ2n) is 5.15. The largest absolute Gasteiger partial charge is 0.373 e. The van der Waals surface area contributed by atoms with Gasteiger partial charge >= 0.3 is 0 Å². The molecule has 0 unspecified atom stereocenters. The van der Waals surface area contributed by atoms with Crippen molar-refractivity contribution in [3.8, 4) is 11.4 Å². The summed E-state index contributed by atoms with van der Waals surface area (Å²) in [6.07, 6.45) is 0.